The number of pyridine rings is 1. The number of halogens is 1. The van der Waals surface area contributed by atoms with Crippen LogP contribution in [0.1, 0.15) is 19.4 Å². The third kappa shape index (κ3) is 4.74. The van der Waals surface area contributed by atoms with Crippen molar-refractivity contribution >= 4 is 22.4 Å². The van der Waals surface area contributed by atoms with Crippen molar-refractivity contribution in [1.82, 2.24) is 14.4 Å². The predicted octanol–water partition coefficient (Wildman–Crippen LogP) is 4.40. The molecular formula is C26H32ClN3O3. The third-order valence-corrected chi connectivity index (χ3v) is 6.82. The van der Waals surface area contributed by atoms with Gasteiger partial charge in [0.25, 0.3) is 5.56 Å². The number of rotatable bonds is 6. The number of methoxy groups -OCH3 is 2. The van der Waals surface area contributed by atoms with Crippen molar-refractivity contribution < 1.29 is 9.47 Å². The normalized spacial score (nSPS) is 15.4. The van der Waals surface area contributed by atoms with Crippen molar-refractivity contribution in [3.63, 3.8) is 0 Å². The van der Waals surface area contributed by atoms with Gasteiger partial charge in [0.05, 0.1) is 19.8 Å². The zero-order valence-electron chi connectivity index (χ0n) is 20.0. The molecule has 1 aliphatic rings. The monoisotopic (exact) mass is 469 g/mol. The molecule has 1 saturated heterocycles. The van der Waals surface area contributed by atoms with Crippen LogP contribution in [0.15, 0.2) is 41.3 Å². The first-order valence-electron chi connectivity index (χ1n) is 11.3. The van der Waals surface area contributed by atoms with E-state index in [1.165, 1.54) is 0 Å². The minimum atomic E-state index is -0.0765. The zero-order valence-corrected chi connectivity index (χ0v) is 20.8. The van der Waals surface area contributed by atoms with Gasteiger partial charge in [0, 0.05) is 68.0 Å². The number of fused-ring (bicyclic) bond motifs is 1. The smallest absolute Gasteiger partial charge is 0.258 e. The lowest BCUT2D eigenvalue weighted by molar-refractivity contribution is 0.103. The Labute approximate surface area is 200 Å². The number of nitrogens with zero attached hydrogens (tertiary/aromatic N) is 3. The summed E-state index contributed by atoms with van der Waals surface area (Å²) in [6, 6.07) is 10.1. The van der Waals surface area contributed by atoms with E-state index in [0.717, 1.165) is 66.3 Å². The van der Waals surface area contributed by atoms with Gasteiger partial charge in [-0.2, -0.15) is 0 Å². The van der Waals surface area contributed by atoms with Crippen LogP contribution in [-0.4, -0.2) is 60.8 Å². The number of hydrogen-bond donors (Lipinski definition) is 0. The average molecular weight is 470 g/mol. The molecule has 1 fully saturated rings. The van der Waals surface area contributed by atoms with E-state index < -0.39 is 0 Å². The largest absolute Gasteiger partial charge is 0.496 e. The SMILES string of the molecule is COc1cc(-c2cn(C)c(=O)c3cc(Cl)ccc23)cc(OC)c1CN1CCN(C(C)C)CC1. The lowest BCUT2D eigenvalue weighted by Gasteiger charge is -2.37. The van der Waals surface area contributed by atoms with Crippen LogP contribution in [0.3, 0.4) is 0 Å². The molecule has 1 aliphatic heterocycles. The summed E-state index contributed by atoms with van der Waals surface area (Å²) in [5.74, 6) is 1.57. The first kappa shape index (κ1) is 23.6. The van der Waals surface area contributed by atoms with Gasteiger partial charge in [-0.05, 0) is 49.1 Å². The molecule has 33 heavy (non-hydrogen) atoms. The van der Waals surface area contributed by atoms with Crippen LogP contribution in [0.4, 0.5) is 0 Å². The van der Waals surface area contributed by atoms with Gasteiger partial charge >= 0.3 is 0 Å². The van der Waals surface area contributed by atoms with Crippen LogP contribution in [0.5, 0.6) is 11.5 Å². The second-order valence-corrected chi connectivity index (χ2v) is 9.35. The fraction of sp³-hybridized carbons (Fsp3) is 0.423. The van der Waals surface area contributed by atoms with Crippen LogP contribution in [0, 0.1) is 0 Å². The van der Waals surface area contributed by atoms with E-state index >= 15 is 0 Å². The van der Waals surface area contributed by atoms with Crippen LogP contribution in [0.25, 0.3) is 21.9 Å². The maximum atomic E-state index is 12.7. The highest BCUT2D eigenvalue weighted by Gasteiger charge is 2.23. The summed E-state index contributed by atoms with van der Waals surface area (Å²) >= 11 is 6.18. The number of ether oxygens (including phenoxy) is 2. The number of benzene rings is 2. The van der Waals surface area contributed by atoms with Gasteiger partial charge in [-0.25, -0.2) is 0 Å². The molecule has 176 valence electrons. The quantitative estimate of drug-likeness (QED) is 0.535. The molecule has 0 saturated carbocycles. The minimum Gasteiger partial charge on any atom is -0.496 e. The summed E-state index contributed by atoms with van der Waals surface area (Å²) in [4.78, 5) is 17.6. The van der Waals surface area contributed by atoms with Gasteiger partial charge in [-0.1, -0.05) is 17.7 Å². The molecule has 4 rings (SSSR count). The van der Waals surface area contributed by atoms with Crippen LogP contribution >= 0.6 is 11.6 Å². The fourth-order valence-electron chi connectivity index (χ4n) is 4.63. The summed E-state index contributed by atoms with van der Waals surface area (Å²) in [7, 11) is 5.14. The van der Waals surface area contributed by atoms with Gasteiger partial charge in [-0.3, -0.25) is 14.6 Å². The van der Waals surface area contributed by atoms with E-state index in [-0.39, 0.29) is 5.56 Å². The van der Waals surface area contributed by atoms with E-state index in [0.29, 0.717) is 16.5 Å². The summed E-state index contributed by atoms with van der Waals surface area (Å²) in [5, 5.41) is 1.98. The van der Waals surface area contributed by atoms with Gasteiger partial charge in [-0.15, -0.1) is 0 Å². The Balaban J connectivity index is 1.74. The Bertz CT molecular complexity index is 1190. The Morgan fingerprint density at radius 3 is 2.18 bits per heavy atom. The molecule has 7 heteroatoms. The molecular weight excluding hydrogens is 438 g/mol. The van der Waals surface area contributed by atoms with Crippen LogP contribution < -0.4 is 15.0 Å². The lowest BCUT2D eigenvalue weighted by Crippen LogP contribution is -2.48. The standard InChI is InChI=1S/C26H32ClN3O3/c1-17(2)30-10-8-29(9-11-30)16-23-24(32-4)12-18(13-25(23)33-5)22-15-28(3)26(31)21-14-19(27)6-7-20(21)22/h6-7,12-15,17H,8-11,16H2,1-5H3. The Morgan fingerprint density at radius 2 is 1.61 bits per heavy atom. The summed E-state index contributed by atoms with van der Waals surface area (Å²) < 4.78 is 13.3. The molecule has 0 radical (unpaired) electrons. The Hall–Kier alpha value is -2.54. The van der Waals surface area contributed by atoms with Crippen molar-refractivity contribution in [1.29, 1.82) is 0 Å². The van der Waals surface area contributed by atoms with Gasteiger partial charge in [0.1, 0.15) is 11.5 Å². The molecule has 0 amide bonds. The van der Waals surface area contributed by atoms with Gasteiger partial charge in [0.15, 0.2) is 0 Å². The highest BCUT2D eigenvalue weighted by molar-refractivity contribution is 6.31. The van der Waals surface area contributed by atoms with E-state index in [1.54, 1.807) is 31.9 Å². The third-order valence-electron chi connectivity index (χ3n) is 6.58. The molecule has 0 bridgehead atoms. The molecule has 0 aliphatic carbocycles. The van der Waals surface area contributed by atoms with E-state index in [9.17, 15) is 4.79 Å². The maximum absolute atomic E-state index is 12.7. The number of aryl methyl sites for hydroxylation is 1. The molecule has 6 nitrogen and oxygen atoms in total. The molecule has 2 heterocycles. The molecule has 0 unspecified atom stereocenters. The number of aromatic nitrogens is 1. The van der Waals surface area contributed by atoms with E-state index in [1.807, 2.05) is 30.5 Å². The topological polar surface area (TPSA) is 46.9 Å². The number of piperazine rings is 1. The van der Waals surface area contributed by atoms with Crippen molar-refractivity contribution in [3.8, 4) is 22.6 Å². The first-order chi connectivity index (χ1) is 15.8. The maximum Gasteiger partial charge on any atom is 0.258 e. The Morgan fingerprint density at radius 1 is 0.970 bits per heavy atom. The molecule has 3 aromatic rings. The molecule has 1 aromatic heterocycles. The second-order valence-electron chi connectivity index (χ2n) is 8.91. The molecule has 0 atom stereocenters. The summed E-state index contributed by atoms with van der Waals surface area (Å²) in [6.45, 7) is 9.41. The highest BCUT2D eigenvalue weighted by atomic mass is 35.5. The minimum absolute atomic E-state index is 0.0765. The average Bonchev–Trinajstić information content (AvgIpc) is 2.81. The lowest BCUT2D eigenvalue weighted by atomic mass is 9.98. The van der Waals surface area contributed by atoms with E-state index in [4.69, 9.17) is 21.1 Å². The van der Waals surface area contributed by atoms with Crippen molar-refractivity contribution in [3.05, 3.63) is 57.5 Å². The highest BCUT2D eigenvalue weighted by Crippen LogP contribution is 2.38. The van der Waals surface area contributed by atoms with Crippen molar-refractivity contribution in [2.24, 2.45) is 7.05 Å². The molecule has 0 spiro atoms. The van der Waals surface area contributed by atoms with Crippen LogP contribution in [-0.2, 0) is 13.6 Å². The second kappa shape index (κ2) is 9.75. The van der Waals surface area contributed by atoms with E-state index in [2.05, 4.69) is 23.6 Å². The van der Waals surface area contributed by atoms with Gasteiger partial charge < -0.3 is 14.0 Å². The number of hydrogen-bond acceptors (Lipinski definition) is 5. The molecule has 0 N–H and O–H groups in total. The van der Waals surface area contributed by atoms with Gasteiger partial charge in [0.2, 0.25) is 0 Å². The summed E-state index contributed by atoms with van der Waals surface area (Å²) in [5.41, 5.74) is 2.82. The zero-order chi connectivity index (χ0) is 23.7. The van der Waals surface area contributed by atoms with Crippen molar-refractivity contribution in [2.75, 3.05) is 40.4 Å². The predicted molar refractivity (Wildman–Crippen MR) is 135 cm³/mol. The molecule has 2 aromatic carbocycles. The van der Waals surface area contributed by atoms with Crippen molar-refractivity contribution in [2.45, 2.75) is 26.4 Å². The summed E-state index contributed by atoms with van der Waals surface area (Å²) in [6.07, 6.45) is 1.86. The first-order valence-corrected chi connectivity index (χ1v) is 11.7. The van der Waals surface area contributed by atoms with Crippen LogP contribution in [0.2, 0.25) is 5.02 Å². The Kier molecular flexibility index (Phi) is 6.98. The fourth-order valence-corrected chi connectivity index (χ4v) is 4.80.